The smallest absolute Gasteiger partial charge is 0.157 e. The molecule has 0 spiro atoms. The molecule has 3 heterocycles. The largest absolute Gasteiger partial charge is 0.393 e. The molecule has 0 radical (unpaired) electrons. The molecular formula is C22H26FN5O. The van der Waals surface area contributed by atoms with Gasteiger partial charge in [0.25, 0.3) is 0 Å². The molecule has 1 saturated carbocycles. The van der Waals surface area contributed by atoms with Crippen LogP contribution >= 0.6 is 0 Å². The third-order valence-electron chi connectivity index (χ3n) is 6.36. The number of nitrogens with one attached hydrogen (secondary N) is 1. The first kappa shape index (κ1) is 18.6. The Bertz CT molecular complexity index is 1060. The Morgan fingerprint density at radius 3 is 2.76 bits per heavy atom. The van der Waals surface area contributed by atoms with E-state index in [1.54, 1.807) is 0 Å². The number of aryl methyl sites for hydroxylation is 2. The molecule has 1 aliphatic carbocycles. The van der Waals surface area contributed by atoms with Crippen molar-refractivity contribution in [3.63, 3.8) is 0 Å². The van der Waals surface area contributed by atoms with Crippen molar-refractivity contribution in [3.05, 3.63) is 47.0 Å². The molecule has 29 heavy (non-hydrogen) atoms. The monoisotopic (exact) mass is 395 g/mol. The fraction of sp³-hybridized carbons (Fsp3) is 0.500. The minimum absolute atomic E-state index is 0.0943. The number of hydrogen-bond acceptors (Lipinski definition) is 5. The first-order valence-electron chi connectivity index (χ1n) is 10.4. The number of rotatable bonds is 3. The number of fused-ring (bicyclic) bond motifs is 1. The Morgan fingerprint density at radius 1 is 1.17 bits per heavy atom. The molecule has 6 nitrogen and oxygen atoms in total. The van der Waals surface area contributed by atoms with Crippen molar-refractivity contribution in [2.24, 2.45) is 0 Å². The highest BCUT2D eigenvalue weighted by atomic mass is 19.1. The molecule has 0 amide bonds. The molecule has 2 aliphatic rings. The SMILES string of the molecule is Cc1nc(-n2ncc3cc(C)c(C4CCNCC4F)cc32)cc([C@H]2C[C@@H](O)C2)n1. The first-order valence-corrected chi connectivity index (χ1v) is 10.4. The van der Waals surface area contributed by atoms with E-state index in [1.165, 1.54) is 0 Å². The minimum Gasteiger partial charge on any atom is -0.393 e. The van der Waals surface area contributed by atoms with E-state index in [4.69, 9.17) is 0 Å². The third kappa shape index (κ3) is 3.32. The zero-order valence-electron chi connectivity index (χ0n) is 16.8. The lowest BCUT2D eigenvalue weighted by Crippen LogP contribution is -2.36. The molecular weight excluding hydrogens is 369 g/mol. The summed E-state index contributed by atoms with van der Waals surface area (Å²) in [5.41, 5.74) is 4.06. The standard InChI is InChI=1S/C22H26FN5O/c1-12-5-15-10-25-28(21(15)8-18(12)17-3-4-24-11-19(17)23)22-9-20(26-13(2)27-22)14-6-16(29)7-14/h5,8-10,14,16-17,19,24,29H,3-4,6-7,11H2,1-2H3/t14-,16+,17?,19?. The summed E-state index contributed by atoms with van der Waals surface area (Å²) < 4.78 is 16.4. The van der Waals surface area contributed by atoms with Crippen molar-refractivity contribution in [1.29, 1.82) is 0 Å². The van der Waals surface area contributed by atoms with Crippen molar-refractivity contribution in [2.45, 2.75) is 57.2 Å². The van der Waals surface area contributed by atoms with Gasteiger partial charge in [-0.3, -0.25) is 0 Å². The van der Waals surface area contributed by atoms with Gasteiger partial charge in [-0.2, -0.15) is 5.10 Å². The van der Waals surface area contributed by atoms with Crippen molar-refractivity contribution in [1.82, 2.24) is 25.1 Å². The van der Waals surface area contributed by atoms with Gasteiger partial charge in [0.1, 0.15) is 12.0 Å². The van der Waals surface area contributed by atoms with Crippen LogP contribution in [0.3, 0.4) is 0 Å². The maximum Gasteiger partial charge on any atom is 0.157 e. The fourth-order valence-electron chi connectivity index (χ4n) is 4.68. The van der Waals surface area contributed by atoms with Gasteiger partial charge >= 0.3 is 0 Å². The molecule has 3 aromatic rings. The molecule has 1 aromatic carbocycles. The Morgan fingerprint density at radius 2 is 2.00 bits per heavy atom. The van der Waals surface area contributed by atoms with Crippen LogP contribution < -0.4 is 5.32 Å². The van der Waals surface area contributed by atoms with Gasteiger partial charge in [-0.15, -0.1) is 0 Å². The number of hydrogen-bond donors (Lipinski definition) is 2. The van der Waals surface area contributed by atoms with Crippen molar-refractivity contribution in [3.8, 4) is 5.82 Å². The molecule has 1 saturated heterocycles. The molecule has 1 aliphatic heterocycles. The zero-order chi connectivity index (χ0) is 20.1. The summed E-state index contributed by atoms with van der Waals surface area (Å²) in [6.07, 6.45) is 3.01. The molecule has 152 valence electrons. The second-order valence-electron chi connectivity index (χ2n) is 8.46. The first-order chi connectivity index (χ1) is 14.0. The lowest BCUT2D eigenvalue weighted by molar-refractivity contribution is 0.0731. The van der Waals surface area contributed by atoms with Gasteiger partial charge in [-0.05, 0) is 62.9 Å². The Kier molecular flexibility index (Phi) is 4.59. The normalized spacial score (nSPS) is 27.2. The highest BCUT2D eigenvalue weighted by molar-refractivity contribution is 5.82. The number of piperidine rings is 1. The van der Waals surface area contributed by atoms with E-state index in [0.29, 0.717) is 12.4 Å². The third-order valence-corrected chi connectivity index (χ3v) is 6.36. The van der Waals surface area contributed by atoms with Crippen LogP contribution in [0.15, 0.2) is 24.4 Å². The molecule has 2 atom stereocenters. The highest BCUT2D eigenvalue weighted by Gasteiger charge is 2.31. The Labute approximate surface area is 169 Å². The van der Waals surface area contributed by atoms with Crippen LogP contribution in [-0.2, 0) is 0 Å². The number of aliphatic hydroxyl groups excluding tert-OH is 1. The van der Waals surface area contributed by atoms with E-state index >= 15 is 0 Å². The predicted octanol–water partition coefficient (Wildman–Crippen LogP) is 3.09. The Hall–Kier alpha value is -2.38. The molecule has 2 unspecified atom stereocenters. The second kappa shape index (κ2) is 7.15. The van der Waals surface area contributed by atoms with E-state index in [2.05, 4.69) is 39.4 Å². The number of benzene rings is 1. The zero-order valence-corrected chi connectivity index (χ0v) is 16.8. The average molecular weight is 395 g/mol. The second-order valence-corrected chi connectivity index (χ2v) is 8.46. The Balaban J connectivity index is 1.58. The van der Waals surface area contributed by atoms with Crippen LogP contribution in [0.4, 0.5) is 4.39 Å². The van der Waals surface area contributed by atoms with E-state index in [9.17, 15) is 9.50 Å². The van der Waals surface area contributed by atoms with Gasteiger partial charge in [-0.1, -0.05) is 0 Å². The number of nitrogens with zero attached hydrogens (tertiary/aromatic N) is 4. The van der Waals surface area contributed by atoms with E-state index in [0.717, 1.165) is 59.3 Å². The van der Waals surface area contributed by atoms with Gasteiger partial charge in [0.05, 0.1) is 17.8 Å². The lowest BCUT2D eigenvalue weighted by Gasteiger charge is -2.31. The summed E-state index contributed by atoms with van der Waals surface area (Å²) in [6.45, 7) is 5.18. The van der Waals surface area contributed by atoms with Gasteiger partial charge in [0.15, 0.2) is 5.82 Å². The highest BCUT2D eigenvalue weighted by Crippen LogP contribution is 2.37. The summed E-state index contributed by atoms with van der Waals surface area (Å²) in [7, 11) is 0. The molecule has 0 bridgehead atoms. The van der Waals surface area contributed by atoms with Crippen LogP contribution in [-0.4, -0.2) is 50.2 Å². The van der Waals surface area contributed by atoms with Gasteiger partial charge in [-0.25, -0.2) is 19.0 Å². The van der Waals surface area contributed by atoms with Crippen LogP contribution in [0.25, 0.3) is 16.7 Å². The maximum absolute atomic E-state index is 14.6. The number of halogens is 1. The summed E-state index contributed by atoms with van der Waals surface area (Å²) in [5, 5.41) is 18.4. The number of aliphatic hydroxyl groups is 1. The van der Waals surface area contributed by atoms with E-state index in [-0.39, 0.29) is 17.9 Å². The van der Waals surface area contributed by atoms with Crippen molar-refractivity contribution in [2.75, 3.05) is 13.1 Å². The van der Waals surface area contributed by atoms with E-state index in [1.807, 2.05) is 23.9 Å². The van der Waals surface area contributed by atoms with Gasteiger partial charge in [0, 0.05) is 35.5 Å². The molecule has 2 fully saturated rings. The quantitative estimate of drug-likeness (QED) is 0.713. The molecule has 2 aromatic heterocycles. The average Bonchev–Trinajstić information content (AvgIpc) is 3.07. The molecule has 2 N–H and O–H groups in total. The maximum atomic E-state index is 14.6. The minimum atomic E-state index is -0.880. The summed E-state index contributed by atoms with van der Waals surface area (Å²) in [6, 6.07) is 6.16. The number of aromatic nitrogens is 4. The van der Waals surface area contributed by atoms with Crippen LogP contribution in [0, 0.1) is 13.8 Å². The molecule has 5 rings (SSSR count). The lowest BCUT2D eigenvalue weighted by atomic mass is 9.80. The number of alkyl halides is 1. The van der Waals surface area contributed by atoms with Gasteiger partial charge in [0.2, 0.25) is 0 Å². The van der Waals surface area contributed by atoms with Crippen LogP contribution in [0.2, 0.25) is 0 Å². The van der Waals surface area contributed by atoms with Crippen molar-refractivity contribution < 1.29 is 9.50 Å². The molecule has 7 heteroatoms. The summed E-state index contributed by atoms with van der Waals surface area (Å²) in [4.78, 5) is 9.18. The van der Waals surface area contributed by atoms with Crippen molar-refractivity contribution >= 4 is 10.9 Å². The fourth-order valence-corrected chi connectivity index (χ4v) is 4.68. The topological polar surface area (TPSA) is 75.9 Å². The van der Waals surface area contributed by atoms with Gasteiger partial charge < -0.3 is 10.4 Å². The summed E-state index contributed by atoms with van der Waals surface area (Å²) in [5.74, 6) is 1.59. The van der Waals surface area contributed by atoms with E-state index < -0.39 is 6.17 Å². The summed E-state index contributed by atoms with van der Waals surface area (Å²) >= 11 is 0. The van der Waals surface area contributed by atoms with Crippen LogP contribution in [0.1, 0.15) is 53.7 Å². The van der Waals surface area contributed by atoms with Crippen LogP contribution in [0.5, 0.6) is 0 Å². The predicted molar refractivity (Wildman–Crippen MR) is 109 cm³/mol.